The first-order chi connectivity index (χ1) is 8.19. The fraction of sp³-hybridized carbons (Fsp3) is 0.273. The Hall–Kier alpha value is -2.08. The lowest BCUT2D eigenvalue weighted by Crippen LogP contribution is -2.40. The molecule has 0 radical (unpaired) electrons. The Bertz CT molecular complexity index is 535. The summed E-state index contributed by atoms with van der Waals surface area (Å²) in [6.45, 7) is 2.33. The van der Waals surface area contributed by atoms with E-state index >= 15 is 0 Å². The van der Waals surface area contributed by atoms with Gasteiger partial charge >= 0.3 is 6.03 Å². The van der Waals surface area contributed by atoms with Gasteiger partial charge in [0.25, 0.3) is 0 Å². The molecule has 1 aromatic heterocycles. The van der Waals surface area contributed by atoms with Crippen molar-refractivity contribution in [1.29, 1.82) is 0 Å². The number of rotatable bonds is 3. The van der Waals surface area contributed by atoms with Crippen molar-refractivity contribution >= 4 is 17.1 Å². The minimum absolute atomic E-state index is 0.387. The van der Waals surface area contributed by atoms with E-state index in [1.54, 1.807) is 0 Å². The summed E-state index contributed by atoms with van der Waals surface area (Å²) in [6, 6.07) is 5.41. The van der Waals surface area contributed by atoms with E-state index in [1.807, 2.05) is 30.5 Å². The highest BCUT2D eigenvalue weighted by Gasteiger charge is 2.03. The number of urea groups is 1. The molecule has 2 rings (SSSR count). The quantitative estimate of drug-likeness (QED) is 0.417. The van der Waals surface area contributed by atoms with Gasteiger partial charge in [0.2, 0.25) is 0 Å². The highest BCUT2D eigenvalue weighted by Crippen LogP contribution is 2.16. The Balaban J connectivity index is 2.01. The van der Waals surface area contributed by atoms with E-state index < -0.39 is 0 Å². The second-order valence-corrected chi connectivity index (χ2v) is 3.69. The number of hydrazine groups is 1. The van der Waals surface area contributed by atoms with Gasteiger partial charge in [0.05, 0.1) is 0 Å². The van der Waals surface area contributed by atoms with E-state index in [0.29, 0.717) is 18.9 Å². The van der Waals surface area contributed by atoms with E-state index in [1.165, 1.54) is 0 Å². The molecule has 2 amide bonds. The van der Waals surface area contributed by atoms with Gasteiger partial charge in [0.1, 0.15) is 5.52 Å². The zero-order valence-electron chi connectivity index (χ0n) is 9.49. The molecule has 17 heavy (non-hydrogen) atoms. The topological polar surface area (TPSA) is 93.2 Å². The maximum atomic E-state index is 10.8. The van der Waals surface area contributed by atoms with Gasteiger partial charge < -0.3 is 9.73 Å². The van der Waals surface area contributed by atoms with Crippen molar-refractivity contribution in [2.45, 2.75) is 13.3 Å². The SMILES string of the molecule is Cc1nc2ccc(CCNC(=O)NN)cc2o1. The number of amides is 2. The molecule has 0 aliphatic carbocycles. The first kappa shape index (κ1) is 11.4. The van der Waals surface area contributed by atoms with Crippen LogP contribution in [-0.2, 0) is 6.42 Å². The van der Waals surface area contributed by atoms with Crippen LogP contribution in [0.5, 0.6) is 0 Å². The van der Waals surface area contributed by atoms with Crippen molar-refractivity contribution in [3.8, 4) is 0 Å². The number of nitrogens with zero attached hydrogens (tertiary/aromatic N) is 1. The lowest BCUT2D eigenvalue weighted by molar-refractivity contribution is 0.241. The summed E-state index contributed by atoms with van der Waals surface area (Å²) in [5.41, 5.74) is 4.69. The van der Waals surface area contributed by atoms with Gasteiger partial charge in [-0.05, 0) is 24.1 Å². The molecule has 0 atom stereocenters. The molecule has 90 valence electrons. The number of aryl methyl sites for hydroxylation is 1. The smallest absolute Gasteiger partial charge is 0.328 e. The largest absolute Gasteiger partial charge is 0.441 e. The molecule has 0 saturated heterocycles. The second kappa shape index (κ2) is 4.84. The molecule has 4 N–H and O–H groups in total. The summed E-state index contributed by atoms with van der Waals surface area (Å²) in [4.78, 5) is 15.1. The van der Waals surface area contributed by atoms with Gasteiger partial charge in [-0.2, -0.15) is 0 Å². The molecular formula is C11H14N4O2. The fourth-order valence-corrected chi connectivity index (χ4v) is 1.61. The molecular weight excluding hydrogens is 220 g/mol. The standard InChI is InChI=1S/C11H14N4O2/c1-7-14-9-3-2-8(6-10(9)17-7)4-5-13-11(16)15-12/h2-3,6H,4-5,12H2,1H3,(H2,13,15,16). The Kier molecular flexibility index (Phi) is 3.24. The van der Waals surface area contributed by atoms with Gasteiger partial charge in [0, 0.05) is 13.5 Å². The molecule has 0 spiro atoms. The van der Waals surface area contributed by atoms with Crippen molar-refractivity contribution < 1.29 is 9.21 Å². The number of nitrogens with two attached hydrogens (primary N) is 1. The van der Waals surface area contributed by atoms with E-state index in [-0.39, 0.29) is 6.03 Å². The van der Waals surface area contributed by atoms with Crippen LogP contribution in [0.1, 0.15) is 11.5 Å². The lowest BCUT2D eigenvalue weighted by Gasteiger charge is -2.03. The Labute approximate surface area is 98.2 Å². The monoisotopic (exact) mass is 234 g/mol. The summed E-state index contributed by atoms with van der Waals surface area (Å²) in [6.07, 6.45) is 0.711. The fourth-order valence-electron chi connectivity index (χ4n) is 1.61. The minimum Gasteiger partial charge on any atom is -0.441 e. The summed E-state index contributed by atoms with van der Waals surface area (Å²) >= 11 is 0. The number of aromatic nitrogens is 1. The molecule has 1 aromatic carbocycles. The van der Waals surface area contributed by atoms with Gasteiger partial charge in [-0.3, -0.25) is 5.43 Å². The molecule has 0 unspecified atom stereocenters. The predicted octanol–water partition coefficient (Wildman–Crippen LogP) is 0.852. The molecule has 0 bridgehead atoms. The van der Waals surface area contributed by atoms with Crippen molar-refractivity contribution in [2.24, 2.45) is 5.84 Å². The third-order valence-electron chi connectivity index (χ3n) is 2.39. The molecule has 0 aliphatic heterocycles. The van der Waals surface area contributed by atoms with Crippen LogP contribution in [0.3, 0.4) is 0 Å². The summed E-state index contributed by atoms with van der Waals surface area (Å²) in [5, 5.41) is 2.61. The number of nitrogens with one attached hydrogen (secondary N) is 2. The second-order valence-electron chi connectivity index (χ2n) is 3.69. The Morgan fingerprint density at radius 2 is 2.35 bits per heavy atom. The molecule has 0 saturated carbocycles. The van der Waals surface area contributed by atoms with Crippen LogP contribution in [0.2, 0.25) is 0 Å². The van der Waals surface area contributed by atoms with E-state index in [9.17, 15) is 4.79 Å². The summed E-state index contributed by atoms with van der Waals surface area (Å²) < 4.78 is 5.43. The first-order valence-corrected chi connectivity index (χ1v) is 5.29. The summed E-state index contributed by atoms with van der Waals surface area (Å²) in [7, 11) is 0. The van der Waals surface area contributed by atoms with Gasteiger partial charge in [0.15, 0.2) is 11.5 Å². The first-order valence-electron chi connectivity index (χ1n) is 5.29. The molecule has 0 aliphatic rings. The number of benzene rings is 1. The number of fused-ring (bicyclic) bond motifs is 1. The van der Waals surface area contributed by atoms with Crippen LogP contribution in [0.15, 0.2) is 22.6 Å². The van der Waals surface area contributed by atoms with E-state index in [2.05, 4.69) is 10.3 Å². The highest BCUT2D eigenvalue weighted by atomic mass is 16.3. The van der Waals surface area contributed by atoms with Crippen LogP contribution in [0.25, 0.3) is 11.1 Å². The van der Waals surface area contributed by atoms with Crippen LogP contribution >= 0.6 is 0 Å². The third kappa shape index (κ3) is 2.73. The van der Waals surface area contributed by atoms with Crippen LogP contribution in [-0.4, -0.2) is 17.6 Å². The maximum Gasteiger partial charge on any atom is 0.328 e. The minimum atomic E-state index is -0.387. The number of carbonyl (C=O) groups excluding carboxylic acids is 1. The lowest BCUT2D eigenvalue weighted by atomic mass is 10.1. The molecule has 1 heterocycles. The van der Waals surface area contributed by atoms with Gasteiger partial charge in [-0.15, -0.1) is 0 Å². The van der Waals surface area contributed by atoms with Crippen LogP contribution in [0, 0.1) is 6.92 Å². The Morgan fingerprint density at radius 1 is 1.53 bits per heavy atom. The van der Waals surface area contributed by atoms with Crippen molar-refractivity contribution in [3.05, 3.63) is 29.7 Å². The van der Waals surface area contributed by atoms with Crippen molar-refractivity contribution in [1.82, 2.24) is 15.7 Å². The summed E-state index contributed by atoms with van der Waals surface area (Å²) in [5.74, 6) is 5.59. The Morgan fingerprint density at radius 3 is 3.12 bits per heavy atom. The maximum absolute atomic E-state index is 10.8. The number of carbonyl (C=O) groups is 1. The van der Waals surface area contributed by atoms with Crippen molar-refractivity contribution in [2.75, 3.05) is 6.54 Å². The van der Waals surface area contributed by atoms with Crippen LogP contribution < -0.4 is 16.6 Å². The molecule has 6 nitrogen and oxygen atoms in total. The van der Waals surface area contributed by atoms with Crippen molar-refractivity contribution in [3.63, 3.8) is 0 Å². The zero-order valence-corrected chi connectivity index (χ0v) is 9.49. The molecule has 0 fully saturated rings. The third-order valence-corrected chi connectivity index (χ3v) is 2.39. The number of oxazole rings is 1. The molecule has 2 aromatic rings. The average Bonchev–Trinajstić information content (AvgIpc) is 2.68. The number of hydrogen-bond donors (Lipinski definition) is 3. The van der Waals surface area contributed by atoms with Gasteiger partial charge in [-0.1, -0.05) is 6.07 Å². The molecule has 6 heteroatoms. The number of hydrogen-bond acceptors (Lipinski definition) is 4. The predicted molar refractivity (Wildman–Crippen MR) is 63.2 cm³/mol. The van der Waals surface area contributed by atoms with E-state index in [4.69, 9.17) is 10.3 Å². The normalized spacial score (nSPS) is 10.5. The van der Waals surface area contributed by atoms with Crippen LogP contribution in [0.4, 0.5) is 4.79 Å². The van der Waals surface area contributed by atoms with E-state index in [0.717, 1.165) is 16.7 Å². The van der Waals surface area contributed by atoms with Gasteiger partial charge in [-0.25, -0.2) is 15.6 Å². The average molecular weight is 234 g/mol. The highest BCUT2D eigenvalue weighted by molar-refractivity contribution is 5.74. The zero-order chi connectivity index (χ0) is 12.3.